The van der Waals surface area contributed by atoms with Gasteiger partial charge >= 0.3 is 0 Å². The highest BCUT2D eigenvalue weighted by Gasteiger charge is 2.35. The number of ketones is 1. The molecule has 7 nitrogen and oxygen atoms in total. The van der Waals surface area contributed by atoms with E-state index in [1.54, 1.807) is 0 Å². The molecule has 0 bridgehead atoms. The number of nitrogens with one attached hydrogen (secondary N) is 2. The van der Waals surface area contributed by atoms with E-state index in [9.17, 15) is 9.59 Å². The van der Waals surface area contributed by atoms with E-state index in [-0.39, 0.29) is 36.1 Å². The second kappa shape index (κ2) is 8.81. The van der Waals surface area contributed by atoms with Crippen molar-refractivity contribution in [2.24, 2.45) is 0 Å². The van der Waals surface area contributed by atoms with Gasteiger partial charge in [0.15, 0.2) is 5.78 Å². The first kappa shape index (κ1) is 21.4. The highest BCUT2D eigenvalue weighted by atomic mass is 16.2. The van der Waals surface area contributed by atoms with Gasteiger partial charge in [-0.1, -0.05) is 36.4 Å². The number of aromatic nitrogens is 2. The lowest BCUT2D eigenvalue weighted by molar-refractivity contribution is -0.123. The molecule has 2 aromatic carbocycles. The zero-order valence-corrected chi connectivity index (χ0v) is 19.0. The second-order valence-electron chi connectivity index (χ2n) is 9.25. The summed E-state index contributed by atoms with van der Waals surface area (Å²) in [6, 6.07) is 15.9. The topological polar surface area (TPSA) is 87.2 Å². The fourth-order valence-corrected chi connectivity index (χ4v) is 5.03. The van der Waals surface area contributed by atoms with Crippen LogP contribution in [0.5, 0.6) is 0 Å². The van der Waals surface area contributed by atoms with Crippen molar-refractivity contribution >= 4 is 34.4 Å². The van der Waals surface area contributed by atoms with E-state index >= 15 is 0 Å². The smallest absolute Gasteiger partial charge is 0.228 e. The molecule has 1 unspecified atom stereocenters. The summed E-state index contributed by atoms with van der Waals surface area (Å²) in [5.41, 5.74) is 2.48. The van der Waals surface area contributed by atoms with Crippen LogP contribution in [0.1, 0.15) is 53.9 Å². The van der Waals surface area contributed by atoms with E-state index in [0.29, 0.717) is 11.5 Å². The molecule has 1 atom stereocenters. The molecule has 1 saturated carbocycles. The zero-order valence-electron chi connectivity index (χ0n) is 19.0. The van der Waals surface area contributed by atoms with E-state index in [0.717, 1.165) is 48.0 Å². The van der Waals surface area contributed by atoms with Crippen molar-refractivity contribution in [1.29, 1.82) is 0 Å². The number of carbonyl (C=O) groups is 2. The minimum absolute atomic E-state index is 0.0294. The molecule has 0 spiro atoms. The minimum atomic E-state index is -0.361. The third-order valence-corrected chi connectivity index (χ3v) is 6.76. The Labute approximate surface area is 193 Å². The predicted molar refractivity (Wildman–Crippen MR) is 130 cm³/mol. The Morgan fingerprint density at radius 1 is 0.939 bits per heavy atom. The molecule has 5 rings (SSSR count). The van der Waals surface area contributed by atoms with Gasteiger partial charge in [-0.2, -0.15) is 4.98 Å². The molecule has 7 heteroatoms. The lowest BCUT2D eigenvalue weighted by atomic mass is 9.90. The summed E-state index contributed by atoms with van der Waals surface area (Å²) >= 11 is 0. The zero-order chi connectivity index (χ0) is 22.9. The van der Waals surface area contributed by atoms with Crippen LogP contribution in [-0.2, 0) is 4.79 Å². The quantitative estimate of drug-likeness (QED) is 0.622. The first-order valence-electron chi connectivity index (χ1n) is 11.6. The minimum Gasteiger partial charge on any atom is -0.362 e. The first-order chi connectivity index (χ1) is 16.0. The number of Topliss-reactive ketones (excluding diaryl/α,β-unsaturated/α-hetero) is 1. The molecule has 3 aromatic rings. The molecule has 1 aromatic heterocycles. The molecule has 2 aliphatic rings. The van der Waals surface area contributed by atoms with Gasteiger partial charge in [0.2, 0.25) is 11.9 Å². The summed E-state index contributed by atoms with van der Waals surface area (Å²) in [4.78, 5) is 36.6. The van der Waals surface area contributed by atoms with Crippen molar-refractivity contribution in [3.05, 3.63) is 59.7 Å². The van der Waals surface area contributed by atoms with E-state index in [4.69, 9.17) is 9.97 Å². The van der Waals surface area contributed by atoms with Gasteiger partial charge in [-0.05, 0) is 43.4 Å². The number of para-hydroxylation sites is 1. The highest BCUT2D eigenvalue weighted by molar-refractivity contribution is 6.06. The van der Waals surface area contributed by atoms with Crippen LogP contribution in [0.2, 0.25) is 0 Å². The van der Waals surface area contributed by atoms with Gasteiger partial charge in [0.05, 0.1) is 11.4 Å². The molecule has 33 heavy (non-hydrogen) atoms. The van der Waals surface area contributed by atoms with Gasteiger partial charge in [0, 0.05) is 43.5 Å². The fraction of sp³-hybridized carbons (Fsp3) is 0.385. The van der Waals surface area contributed by atoms with Gasteiger partial charge < -0.3 is 15.5 Å². The van der Waals surface area contributed by atoms with Crippen LogP contribution in [0.3, 0.4) is 0 Å². The highest BCUT2D eigenvalue weighted by Crippen LogP contribution is 2.33. The molecular formula is C26H29N5O2. The Balaban J connectivity index is 1.20. The van der Waals surface area contributed by atoms with Crippen LogP contribution in [0.25, 0.3) is 10.9 Å². The van der Waals surface area contributed by atoms with E-state index in [2.05, 4.69) is 10.6 Å². The summed E-state index contributed by atoms with van der Waals surface area (Å²) in [6.07, 6.45) is 3.91. The summed E-state index contributed by atoms with van der Waals surface area (Å²) in [5, 5.41) is 7.74. The number of anilines is 2. The normalized spacial score (nSPS) is 22.1. The summed E-state index contributed by atoms with van der Waals surface area (Å²) in [6.45, 7) is 0. The molecule has 0 aliphatic heterocycles. The lowest BCUT2D eigenvalue weighted by Crippen LogP contribution is -2.42. The van der Waals surface area contributed by atoms with Crippen molar-refractivity contribution in [2.75, 3.05) is 24.3 Å². The maximum Gasteiger partial charge on any atom is 0.228 e. The average Bonchev–Trinajstić information content (AvgIpc) is 3.16. The van der Waals surface area contributed by atoms with Gasteiger partial charge in [-0.15, -0.1) is 0 Å². The number of hydrogen-bond acceptors (Lipinski definition) is 6. The third-order valence-electron chi connectivity index (χ3n) is 6.76. The Morgan fingerprint density at radius 3 is 2.42 bits per heavy atom. The number of fused-ring (bicyclic) bond motifs is 2. The van der Waals surface area contributed by atoms with Crippen molar-refractivity contribution in [3.63, 3.8) is 0 Å². The van der Waals surface area contributed by atoms with Crippen molar-refractivity contribution in [1.82, 2.24) is 15.3 Å². The van der Waals surface area contributed by atoms with Gasteiger partial charge in [-0.3, -0.25) is 9.59 Å². The van der Waals surface area contributed by atoms with Crippen molar-refractivity contribution < 1.29 is 9.59 Å². The molecule has 0 radical (unpaired) electrons. The number of amides is 1. The Bertz CT molecular complexity index is 1200. The van der Waals surface area contributed by atoms with E-state index in [1.807, 2.05) is 67.5 Å². The van der Waals surface area contributed by atoms with Crippen molar-refractivity contribution in [3.8, 4) is 0 Å². The van der Waals surface area contributed by atoms with Crippen molar-refractivity contribution in [2.45, 2.75) is 50.1 Å². The second-order valence-corrected chi connectivity index (χ2v) is 9.25. The number of benzene rings is 2. The van der Waals surface area contributed by atoms with Gasteiger partial charge in [0.1, 0.15) is 5.82 Å². The molecule has 1 heterocycles. The van der Waals surface area contributed by atoms with Gasteiger partial charge in [-0.25, -0.2) is 4.98 Å². The molecule has 0 saturated heterocycles. The number of hydrogen-bond donors (Lipinski definition) is 2. The number of nitrogens with zero attached hydrogens (tertiary/aromatic N) is 3. The molecule has 170 valence electrons. The lowest BCUT2D eigenvalue weighted by Gasteiger charge is -2.30. The van der Waals surface area contributed by atoms with Crippen LogP contribution in [0, 0.1) is 0 Å². The maximum atomic E-state index is 12.9. The summed E-state index contributed by atoms with van der Waals surface area (Å²) < 4.78 is 0. The van der Waals surface area contributed by atoms with Crippen LogP contribution in [0.4, 0.5) is 11.8 Å². The first-order valence-corrected chi connectivity index (χ1v) is 11.6. The van der Waals surface area contributed by atoms with Crippen LogP contribution in [0.15, 0.2) is 48.5 Å². The summed E-state index contributed by atoms with van der Waals surface area (Å²) in [5.74, 6) is 1.21. The predicted octanol–water partition coefficient (Wildman–Crippen LogP) is 3.91. The van der Waals surface area contributed by atoms with Gasteiger partial charge in [0.25, 0.3) is 0 Å². The summed E-state index contributed by atoms with van der Waals surface area (Å²) in [7, 11) is 3.98. The molecule has 2 aliphatic carbocycles. The fourth-order valence-electron chi connectivity index (χ4n) is 5.03. The monoisotopic (exact) mass is 443 g/mol. The maximum absolute atomic E-state index is 12.9. The Kier molecular flexibility index (Phi) is 5.70. The largest absolute Gasteiger partial charge is 0.362 e. The molecule has 2 N–H and O–H groups in total. The van der Waals surface area contributed by atoms with Crippen LogP contribution < -0.4 is 15.5 Å². The Hall–Kier alpha value is -3.48. The van der Waals surface area contributed by atoms with Crippen LogP contribution >= 0.6 is 0 Å². The third kappa shape index (κ3) is 4.27. The Morgan fingerprint density at radius 2 is 1.64 bits per heavy atom. The number of carbonyl (C=O) groups excluding carboxylic acids is 2. The van der Waals surface area contributed by atoms with E-state index in [1.165, 1.54) is 0 Å². The van der Waals surface area contributed by atoms with Crippen LogP contribution in [-0.4, -0.2) is 47.8 Å². The number of rotatable bonds is 5. The molecule has 1 amide bonds. The molecule has 1 fully saturated rings. The SMILES string of the molecule is CN(C)c1nc(N[C@H]2CC[C@@H](NC(=O)C3CC(=O)c4ccccc43)CC2)nc2ccccc12. The molecular weight excluding hydrogens is 414 g/mol. The van der Waals surface area contributed by atoms with E-state index < -0.39 is 0 Å². The average molecular weight is 444 g/mol. The standard InChI is InChI=1S/C26H29N5O2/c1-31(2)24-20-9-5-6-10-22(20)29-26(30-24)28-17-13-11-16(12-14-17)27-25(33)21-15-23(32)19-8-4-3-7-18(19)21/h3-10,16-17,21H,11-15H2,1-2H3,(H,27,33)(H,28,29,30)/t16-,17+,21?.